The fourth-order valence-electron chi connectivity index (χ4n) is 3.53. The van der Waals surface area contributed by atoms with E-state index in [1.165, 1.54) is 11.0 Å². The number of nitrogens with one attached hydrogen (secondary N) is 1. The van der Waals surface area contributed by atoms with Crippen molar-refractivity contribution in [1.82, 2.24) is 10.2 Å². The van der Waals surface area contributed by atoms with Crippen LogP contribution in [0.15, 0.2) is 54.6 Å². The third kappa shape index (κ3) is 5.79. The quantitative estimate of drug-likeness (QED) is 0.738. The van der Waals surface area contributed by atoms with E-state index in [9.17, 15) is 14.0 Å². The molecular formula is C23H27FN2O3. The lowest BCUT2D eigenvalue weighted by atomic mass is 10.1. The highest BCUT2D eigenvalue weighted by Crippen LogP contribution is 2.19. The lowest BCUT2D eigenvalue weighted by molar-refractivity contribution is -0.142. The van der Waals surface area contributed by atoms with Gasteiger partial charge in [-0.25, -0.2) is 4.39 Å². The van der Waals surface area contributed by atoms with Crippen LogP contribution < -0.4 is 10.1 Å². The summed E-state index contributed by atoms with van der Waals surface area (Å²) in [6.45, 7) is 1.45. The van der Waals surface area contributed by atoms with Gasteiger partial charge in [0.05, 0.1) is 0 Å². The van der Waals surface area contributed by atoms with E-state index in [-0.39, 0.29) is 31.0 Å². The average molecular weight is 398 g/mol. The number of hydrogen-bond donors (Lipinski definition) is 1. The number of carbonyl (C=O) groups excluding carboxylic acids is 2. The van der Waals surface area contributed by atoms with Crippen molar-refractivity contribution in [3.63, 3.8) is 0 Å². The van der Waals surface area contributed by atoms with Crippen LogP contribution >= 0.6 is 0 Å². The van der Waals surface area contributed by atoms with E-state index in [0.717, 1.165) is 25.7 Å². The third-order valence-corrected chi connectivity index (χ3v) is 5.27. The van der Waals surface area contributed by atoms with Crippen LogP contribution in [0.3, 0.4) is 0 Å². The molecule has 0 bridgehead atoms. The van der Waals surface area contributed by atoms with Crippen LogP contribution in [0.5, 0.6) is 5.75 Å². The number of amides is 2. The third-order valence-electron chi connectivity index (χ3n) is 5.27. The molecule has 1 aliphatic carbocycles. The lowest BCUT2D eigenvalue weighted by Gasteiger charge is -2.29. The first kappa shape index (κ1) is 20.8. The van der Waals surface area contributed by atoms with Gasteiger partial charge in [-0.3, -0.25) is 9.59 Å². The van der Waals surface area contributed by atoms with Gasteiger partial charge in [0.1, 0.15) is 17.6 Å². The highest BCUT2D eigenvalue weighted by Gasteiger charge is 2.29. The number of benzene rings is 2. The summed E-state index contributed by atoms with van der Waals surface area (Å²) in [6.07, 6.45) is 4.11. The van der Waals surface area contributed by atoms with Gasteiger partial charge in [-0.05, 0) is 38.0 Å². The van der Waals surface area contributed by atoms with Gasteiger partial charge < -0.3 is 15.0 Å². The molecular weight excluding hydrogens is 371 g/mol. The maximum Gasteiger partial charge on any atom is 0.261 e. The Morgan fingerprint density at radius 3 is 2.45 bits per heavy atom. The first-order chi connectivity index (χ1) is 14.0. The molecule has 2 amide bonds. The molecule has 1 saturated carbocycles. The number of halogens is 1. The maximum absolute atomic E-state index is 14.2. The Balaban J connectivity index is 1.71. The Labute approximate surface area is 170 Å². The number of carbonyl (C=O) groups is 2. The van der Waals surface area contributed by atoms with Crippen LogP contribution in [-0.2, 0) is 16.1 Å². The van der Waals surface area contributed by atoms with Crippen molar-refractivity contribution < 1.29 is 18.7 Å². The molecule has 1 fully saturated rings. The van der Waals surface area contributed by atoms with E-state index < -0.39 is 11.9 Å². The van der Waals surface area contributed by atoms with Crippen LogP contribution in [0.2, 0.25) is 0 Å². The minimum Gasteiger partial charge on any atom is -0.484 e. The summed E-state index contributed by atoms with van der Waals surface area (Å²) in [6, 6.07) is 14.7. The molecule has 0 aliphatic heterocycles. The molecule has 0 radical (unpaired) electrons. The molecule has 29 heavy (non-hydrogen) atoms. The van der Waals surface area contributed by atoms with E-state index in [0.29, 0.717) is 11.3 Å². The van der Waals surface area contributed by atoms with Crippen molar-refractivity contribution in [3.05, 3.63) is 66.0 Å². The van der Waals surface area contributed by atoms with Gasteiger partial charge >= 0.3 is 0 Å². The zero-order valence-corrected chi connectivity index (χ0v) is 16.6. The fourth-order valence-corrected chi connectivity index (χ4v) is 3.53. The number of rotatable bonds is 8. The summed E-state index contributed by atoms with van der Waals surface area (Å²) in [5.74, 6) is -0.431. The topological polar surface area (TPSA) is 58.6 Å². The molecule has 154 valence electrons. The fraction of sp³-hybridized carbons (Fsp3) is 0.391. The number of ether oxygens (including phenoxy) is 1. The smallest absolute Gasteiger partial charge is 0.261 e. The van der Waals surface area contributed by atoms with Crippen molar-refractivity contribution in [2.24, 2.45) is 0 Å². The van der Waals surface area contributed by atoms with Gasteiger partial charge in [-0.1, -0.05) is 49.2 Å². The first-order valence-electron chi connectivity index (χ1n) is 10.1. The van der Waals surface area contributed by atoms with Crippen LogP contribution in [0, 0.1) is 5.82 Å². The average Bonchev–Trinajstić information content (AvgIpc) is 3.24. The Morgan fingerprint density at radius 1 is 1.10 bits per heavy atom. The summed E-state index contributed by atoms with van der Waals surface area (Å²) in [4.78, 5) is 27.0. The summed E-state index contributed by atoms with van der Waals surface area (Å²) < 4.78 is 19.7. The largest absolute Gasteiger partial charge is 0.484 e. The summed E-state index contributed by atoms with van der Waals surface area (Å²) in [7, 11) is 0. The predicted molar refractivity (Wildman–Crippen MR) is 109 cm³/mol. The Kier molecular flexibility index (Phi) is 7.22. The minimum absolute atomic E-state index is 0.00289. The van der Waals surface area contributed by atoms with E-state index in [4.69, 9.17) is 4.74 Å². The van der Waals surface area contributed by atoms with Gasteiger partial charge in [0.25, 0.3) is 5.91 Å². The predicted octanol–water partition coefficient (Wildman–Crippen LogP) is 3.68. The van der Waals surface area contributed by atoms with E-state index in [1.54, 1.807) is 37.3 Å². The highest BCUT2D eigenvalue weighted by molar-refractivity contribution is 5.88. The van der Waals surface area contributed by atoms with Crippen LogP contribution in [0.25, 0.3) is 0 Å². The van der Waals surface area contributed by atoms with Crippen molar-refractivity contribution in [1.29, 1.82) is 0 Å². The molecule has 0 unspecified atom stereocenters. The van der Waals surface area contributed by atoms with Crippen LogP contribution in [-0.4, -0.2) is 35.4 Å². The second-order valence-electron chi connectivity index (χ2n) is 7.38. The number of para-hydroxylation sites is 1. The zero-order valence-electron chi connectivity index (χ0n) is 16.6. The van der Waals surface area contributed by atoms with Gasteiger partial charge in [0.2, 0.25) is 5.91 Å². The molecule has 1 N–H and O–H groups in total. The summed E-state index contributed by atoms with van der Waals surface area (Å²) in [5, 5.41) is 3.02. The maximum atomic E-state index is 14.2. The second-order valence-corrected chi connectivity index (χ2v) is 7.38. The van der Waals surface area contributed by atoms with E-state index in [1.807, 2.05) is 18.2 Å². The molecule has 1 aliphatic rings. The van der Waals surface area contributed by atoms with E-state index >= 15 is 0 Å². The van der Waals surface area contributed by atoms with Crippen LogP contribution in [0.4, 0.5) is 4.39 Å². The Hall–Kier alpha value is -2.89. The molecule has 3 rings (SSSR count). The normalized spacial score (nSPS) is 15.0. The number of nitrogens with zero attached hydrogens (tertiary/aromatic N) is 1. The Bertz CT molecular complexity index is 822. The molecule has 0 aromatic heterocycles. The summed E-state index contributed by atoms with van der Waals surface area (Å²) >= 11 is 0. The molecule has 5 nitrogen and oxygen atoms in total. The molecule has 2 aromatic carbocycles. The molecule has 0 spiro atoms. The van der Waals surface area contributed by atoms with Crippen molar-refractivity contribution in [2.75, 3.05) is 6.61 Å². The van der Waals surface area contributed by atoms with Crippen molar-refractivity contribution in [2.45, 2.75) is 51.2 Å². The van der Waals surface area contributed by atoms with E-state index in [2.05, 4.69) is 5.32 Å². The van der Waals surface area contributed by atoms with Crippen molar-refractivity contribution >= 4 is 11.8 Å². The van der Waals surface area contributed by atoms with Gasteiger partial charge in [-0.15, -0.1) is 0 Å². The Morgan fingerprint density at radius 2 is 1.76 bits per heavy atom. The van der Waals surface area contributed by atoms with Crippen molar-refractivity contribution in [3.8, 4) is 5.75 Å². The molecule has 0 heterocycles. The minimum atomic E-state index is -0.734. The van der Waals surface area contributed by atoms with Gasteiger partial charge in [-0.2, -0.15) is 0 Å². The molecule has 0 saturated heterocycles. The highest BCUT2D eigenvalue weighted by atomic mass is 19.1. The van der Waals surface area contributed by atoms with Gasteiger partial charge in [0.15, 0.2) is 6.61 Å². The van der Waals surface area contributed by atoms with Gasteiger partial charge in [0, 0.05) is 18.2 Å². The number of hydrogen-bond acceptors (Lipinski definition) is 3. The molecule has 6 heteroatoms. The lowest BCUT2D eigenvalue weighted by Crippen LogP contribution is -2.50. The van der Waals surface area contributed by atoms with Crippen LogP contribution in [0.1, 0.15) is 38.2 Å². The SMILES string of the molecule is C[C@H](C(=O)NC1CCCC1)N(Cc1ccccc1F)C(=O)COc1ccccc1. The molecule has 2 aromatic rings. The zero-order chi connectivity index (χ0) is 20.6. The first-order valence-corrected chi connectivity index (χ1v) is 10.1. The molecule has 1 atom stereocenters. The monoisotopic (exact) mass is 398 g/mol. The standard InChI is InChI=1S/C23H27FN2O3/c1-17(23(28)25-19-10-6-7-11-19)26(15-18-9-5-8-14-21(18)24)22(27)16-29-20-12-3-2-4-13-20/h2-5,8-9,12-14,17,19H,6-7,10-11,15-16H2,1H3,(H,25,28)/t17-/m1/s1. The summed E-state index contributed by atoms with van der Waals surface area (Å²) in [5.41, 5.74) is 0.362. The second kappa shape index (κ2) is 10.0.